The van der Waals surface area contributed by atoms with Crippen molar-refractivity contribution < 1.29 is 18.7 Å². The maximum atomic E-state index is 12.3. The SMILES string of the molecule is COC(=O)c1cc(CN(C)CC(=O)NC2CCCCCCC2)oc1C. The van der Waals surface area contributed by atoms with Gasteiger partial charge in [-0.05, 0) is 32.9 Å². The second-order valence-electron chi connectivity index (χ2n) is 6.96. The molecule has 1 amide bonds. The summed E-state index contributed by atoms with van der Waals surface area (Å²) >= 11 is 0. The van der Waals surface area contributed by atoms with Crippen molar-refractivity contribution in [3.63, 3.8) is 0 Å². The Balaban J connectivity index is 1.81. The molecule has 1 aliphatic carbocycles. The topological polar surface area (TPSA) is 71.8 Å². The van der Waals surface area contributed by atoms with E-state index in [1.165, 1.54) is 39.2 Å². The van der Waals surface area contributed by atoms with Gasteiger partial charge in [-0.2, -0.15) is 0 Å². The van der Waals surface area contributed by atoms with Gasteiger partial charge in [0.25, 0.3) is 0 Å². The second kappa shape index (κ2) is 9.61. The minimum absolute atomic E-state index is 0.0459. The average Bonchev–Trinajstić information content (AvgIpc) is 2.89. The third kappa shape index (κ3) is 6.20. The molecule has 0 aliphatic heterocycles. The molecule has 25 heavy (non-hydrogen) atoms. The van der Waals surface area contributed by atoms with Crippen LogP contribution >= 0.6 is 0 Å². The summed E-state index contributed by atoms with van der Waals surface area (Å²) in [6.07, 6.45) is 8.41. The molecule has 0 unspecified atom stereocenters. The first-order chi connectivity index (χ1) is 12.0. The van der Waals surface area contributed by atoms with Gasteiger partial charge in [-0.25, -0.2) is 4.79 Å². The van der Waals surface area contributed by atoms with Crippen LogP contribution in [0.3, 0.4) is 0 Å². The van der Waals surface area contributed by atoms with Crippen LogP contribution in [0.4, 0.5) is 0 Å². The van der Waals surface area contributed by atoms with Crippen molar-refractivity contribution in [3.8, 4) is 0 Å². The number of nitrogens with zero attached hydrogens (tertiary/aromatic N) is 1. The summed E-state index contributed by atoms with van der Waals surface area (Å²) in [7, 11) is 3.22. The molecule has 1 heterocycles. The van der Waals surface area contributed by atoms with Gasteiger partial charge in [-0.15, -0.1) is 0 Å². The van der Waals surface area contributed by atoms with Gasteiger partial charge in [0.15, 0.2) is 0 Å². The Morgan fingerprint density at radius 2 is 1.88 bits per heavy atom. The average molecular weight is 350 g/mol. The summed E-state index contributed by atoms with van der Waals surface area (Å²) in [5.74, 6) is 0.829. The first kappa shape index (κ1) is 19.5. The molecule has 140 valence electrons. The van der Waals surface area contributed by atoms with Crippen molar-refractivity contribution in [1.82, 2.24) is 10.2 Å². The number of aryl methyl sites for hydroxylation is 1. The van der Waals surface area contributed by atoms with Gasteiger partial charge in [0.1, 0.15) is 17.1 Å². The summed E-state index contributed by atoms with van der Waals surface area (Å²) < 4.78 is 10.3. The first-order valence-corrected chi connectivity index (χ1v) is 9.15. The number of amides is 1. The molecule has 1 N–H and O–H groups in total. The number of carbonyl (C=O) groups is 2. The van der Waals surface area contributed by atoms with Crippen LogP contribution in [0.2, 0.25) is 0 Å². The lowest BCUT2D eigenvalue weighted by Crippen LogP contribution is -2.41. The van der Waals surface area contributed by atoms with Crippen LogP contribution in [0.25, 0.3) is 0 Å². The zero-order chi connectivity index (χ0) is 18.2. The number of hydrogen-bond donors (Lipinski definition) is 1. The Morgan fingerprint density at radius 1 is 1.24 bits per heavy atom. The van der Waals surface area contributed by atoms with Crippen molar-refractivity contribution in [3.05, 3.63) is 23.2 Å². The van der Waals surface area contributed by atoms with E-state index in [1.54, 1.807) is 13.0 Å². The van der Waals surface area contributed by atoms with Crippen LogP contribution in [0.1, 0.15) is 66.8 Å². The van der Waals surface area contributed by atoms with Gasteiger partial charge in [-0.1, -0.05) is 32.1 Å². The fraction of sp³-hybridized carbons (Fsp3) is 0.684. The summed E-state index contributed by atoms with van der Waals surface area (Å²) in [5, 5.41) is 3.16. The standard InChI is InChI=1S/C19H30N2O4/c1-14-17(19(23)24-3)11-16(25-14)12-21(2)13-18(22)20-15-9-7-5-4-6-8-10-15/h11,15H,4-10,12-13H2,1-3H3,(H,20,22). The van der Waals surface area contributed by atoms with Crippen LogP contribution in [0.5, 0.6) is 0 Å². The summed E-state index contributed by atoms with van der Waals surface area (Å²) in [5.41, 5.74) is 0.435. The zero-order valence-corrected chi connectivity index (χ0v) is 15.6. The number of rotatable bonds is 6. The predicted molar refractivity (Wildman–Crippen MR) is 95.4 cm³/mol. The van der Waals surface area contributed by atoms with Crippen molar-refractivity contribution in [2.75, 3.05) is 20.7 Å². The van der Waals surface area contributed by atoms with Crippen LogP contribution in [0, 0.1) is 6.92 Å². The Kier molecular flexibility index (Phi) is 7.50. The van der Waals surface area contributed by atoms with Crippen LogP contribution in [-0.4, -0.2) is 43.5 Å². The number of likely N-dealkylation sites (N-methyl/N-ethyl adjacent to an activating group) is 1. The van der Waals surface area contributed by atoms with E-state index < -0.39 is 5.97 Å². The Morgan fingerprint density at radius 3 is 2.52 bits per heavy atom. The number of hydrogen-bond acceptors (Lipinski definition) is 5. The van der Waals surface area contributed by atoms with Gasteiger partial charge in [-0.3, -0.25) is 9.69 Å². The number of methoxy groups -OCH3 is 1. The monoisotopic (exact) mass is 350 g/mol. The lowest BCUT2D eigenvalue weighted by atomic mass is 9.97. The smallest absolute Gasteiger partial charge is 0.341 e. The third-order valence-corrected chi connectivity index (χ3v) is 4.68. The highest BCUT2D eigenvalue weighted by Crippen LogP contribution is 2.18. The molecule has 1 aliphatic rings. The summed E-state index contributed by atoms with van der Waals surface area (Å²) in [4.78, 5) is 25.8. The van der Waals surface area contributed by atoms with Gasteiger partial charge in [0.2, 0.25) is 5.91 Å². The van der Waals surface area contributed by atoms with Gasteiger partial charge in [0, 0.05) is 6.04 Å². The molecule has 0 aromatic carbocycles. The largest absolute Gasteiger partial charge is 0.465 e. The molecule has 1 saturated carbocycles. The van der Waals surface area contributed by atoms with Crippen molar-refractivity contribution in [2.45, 2.75) is 64.5 Å². The quantitative estimate of drug-likeness (QED) is 0.799. The van der Waals surface area contributed by atoms with Gasteiger partial charge in [0.05, 0.1) is 20.2 Å². The molecular weight excluding hydrogens is 320 g/mol. The van der Waals surface area contributed by atoms with E-state index in [0.29, 0.717) is 36.2 Å². The van der Waals surface area contributed by atoms with Crippen LogP contribution < -0.4 is 5.32 Å². The highest BCUT2D eigenvalue weighted by Gasteiger charge is 2.18. The Bertz CT molecular complexity index is 574. The third-order valence-electron chi connectivity index (χ3n) is 4.68. The number of ether oxygens (including phenoxy) is 1. The molecule has 6 nitrogen and oxygen atoms in total. The lowest BCUT2D eigenvalue weighted by Gasteiger charge is -2.22. The number of furan rings is 1. The molecule has 1 fully saturated rings. The molecule has 0 saturated heterocycles. The van der Waals surface area contributed by atoms with Crippen LogP contribution in [-0.2, 0) is 16.1 Å². The Hall–Kier alpha value is -1.82. The van der Waals surface area contributed by atoms with Crippen molar-refractivity contribution in [1.29, 1.82) is 0 Å². The molecule has 0 spiro atoms. The lowest BCUT2D eigenvalue weighted by molar-refractivity contribution is -0.122. The predicted octanol–water partition coefficient (Wildman–Crippen LogP) is 3.04. The van der Waals surface area contributed by atoms with E-state index in [0.717, 1.165) is 12.8 Å². The van der Waals surface area contributed by atoms with Crippen LogP contribution in [0.15, 0.2) is 10.5 Å². The number of esters is 1. The van der Waals surface area contributed by atoms with Crippen molar-refractivity contribution >= 4 is 11.9 Å². The van der Waals surface area contributed by atoms with Gasteiger partial charge < -0.3 is 14.5 Å². The van der Waals surface area contributed by atoms with E-state index in [9.17, 15) is 9.59 Å². The fourth-order valence-electron chi connectivity index (χ4n) is 3.38. The summed E-state index contributed by atoms with van der Waals surface area (Å²) in [6.45, 7) is 2.51. The highest BCUT2D eigenvalue weighted by atomic mass is 16.5. The molecule has 0 atom stereocenters. The van der Waals surface area contributed by atoms with E-state index >= 15 is 0 Å². The molecule has 0 radical (unpaired) electrons. The molecule has 0 bridgehead atoms. The molecule has 1 aromatic heterocycles. The second-order valence-corrected chi connectivity index (χ2v) is 6.96. The highest BCUT2D eigenvalue weighted by molar-refractivity contribution is 5.90. The maximum absolute atomic E-state index is 12.3. The van der Waals surface area contributed by atoms with E-state index in [2.05, 4.69) is 5.32 Å². The number of carbonyl (C=O) groups excluding carboxylic acids is 2. The fourth-order valence-corrected chi connectivity index (χ4v) is 3.38. The summed E-state index contributed by atoms with van der Waals surface area (Å²) in [6, 6.07) is 1.99. The normalized spacial score (nSPS) is 16.3. The molecule has 1 aromatic rings. The first-order valence-electron chi connectivity index (χ1n) is 9.15. The zero-order valence-electron chi connectivity index (χ0n) is 15.6. The Labute approximate surface area is 149 Å². The minimum Gasteiger partial charge on any atom is -0.465 e. The molecule has 2 rings (SSSR count). The molecule has 6 heteroatoms. The van der Waals surface area contributed by atoms with Gasteiger partial charge >= 0.3 is 5.97 Å². The maximum Gasteiger partial charge on any atom is 0.341 e. The number of nitrogens with one attached hydrogen (secondary N) is 1. The van der Waals surface area contributed by atoms with E-state index in [4.69, 9.17) is 9.15 Å². The van der Waals surface area contributed by atoms with E-state index in [1.807, 2.05) is 11.9 Å². The van der Waals surface area contributed by atoms with E-state index in [-0.39, 0.29) is 5.91 Å². The minimum atomic E-state index is -0.405. The molecular formula is C19H30N2O4. The van der Waals surface area contributed by atoms with Crippen molar-refractivity contribution in [2.24, 2.45) is 0 Å².